The minimum Gasteiger partial charge on any atom is -0.370 e. The number of nitrogens with one attached hydrogen (secondary N) is 2. The Kier molecular flexibility index (Phi) is 3.70. The summed E-state index contributed by atoms with van der Waals surface area (Å²) in [5.41, 5.74) is 8.62. The molecule has 2 aromatic heterocycles. The SMILES string of the molecule is N=C(N)N(Cc1ccccc1)c1nc(-c2ccc[nH]2)cs1. The highest BCUT2D eigenvalue weighted by Crippen LogP contribution is 2.27. The van der Waals surface area contributed by atoms with Gasteiger partial charge in [0.2, 0.25) is 0 Å². The number of nitrogens with two attached hydrogens (primary N) is 1. The third-order valence-corrected chi connectivity index (χ3v) is 3.93. The fraction of sp³-hybridized carbons (Fsp3) is 0.0667. The Morgan fingerprint density at radius 2 is 2.05 bits per heavy atom. The largest absolute Gasteiger partial charge is 0.370 e. The van der Waals surface area contributed by atoms with E-state index in [1.807, 2.05) is 54.0 Å². The van der Waals surface area contributed by atoms with Crippen LogP contribution >= 0.6 is 11.3 Å². The molecule has 0 spiro atoms. The third-order valence-electron chi connectivity index (χ3n) is 3.07. The summed E-state index contributed by atoms with van der Waals surface area (Å²) in [5.74, 6) is -0.00811. The van der Waals surface area contributed by atoms with E-state index in [4.69, 9.17) is 11.1 Å². The monoisotopic (exact) mass is 297 g/mol. The van der Waals surface area contributed by atoms with E-state index < -0.39 is 0 Å². The first-order valence-electron chi connectivity index (χ1n) is 6.49. The van der Waals surface area contributed by atoms with Crippen LogP contribution in [0.25, 0.3) is 11.4 Å². The molecular weight excluding hydrogens is 282 g/mol. The van der Waals surface area contributed by atoms with Gasteiger partial charge in [-0.25, -0.2) is 4.98 Å². The Balaban J connectivity index is 1.86. The molecule has 3 aromatic rings. The minimum absolute atomic E-state index is 0.00811. The Hall–Kier alpha value is -2.60. The van der Waals surface area contributed by atoms with E-state index in [2.05, 4.69) is 9.97 Å². The lowest BCUT2D eigenvalue weighted by Crippen LogP contribution is -2.35. The van der Waals surface area contributed by atoms with Crippen molar-refractivity contribution in [3.8, 4) is 11.4 Å². The molecule has 0 saturated heterocycles. The highest BCUT2D eigenvalue weighted by molar-refractivity contribution is 7.14. The van der Waals surface area contributed by atoms with Crippen molar-refractivity contribution in [2.45, 2.75) is 6.54 Å². The molecule has 0 radical (unpaired) electrons. The van der Waals surface area contributed by atoms with E-state index in [-0.39, 0.29) is 5.96 Å². The maximum atomic E-state index is 7.78. The smallest absolute Gasteiger partial charge is 0.195 e. The van der Waals surface area contributed by atoms with Gasteiger partial charge in [-0.2, -0.15) is 0 Å². The van der Waals surface area contributed by atoms with Crippen molar-refractivity contribution in [2.75, 3.05) is 4.90 Å². The van der Waals surface area contributed by atoms with Crippen molar-refractivity contribution in [3.05, 3.63) is 59.6 Å². The number of hydrogen-bond acceptors (Lipinski definition) is 3. The topological polar surface area (TPSA) is 81.8 Å². The van der Waals surface area contributed by atoms with Crippen LogP contribution in [0, 0.1) is 5.41 Å². The Morgan fingerprint density at radius 1 is 1.24 bits per heavy atom. The van der Waals surface area contributed by atoms with Crippen LogP contribution in [0.15, 0.2) is 54.0 Å². The number of H-pyrrole nitrogens is 1. The number of aromatic nitrogens is 2. The second kappa shape index (κ2) is 5.80. The molecule has 0 unspecified atom stereocenters. The number of nitrogens with zero attached hydrogens (tertiary/aromatic N) is 2. The van der Waals surface area contributed by atoms with Crippen LogP contribution in [0.5, 0.6) is 0 Å². The molecule has 1 aromatic carbocycles. The predicted molar refractivity (Wildman–Crippen MR) is 86.4 cm³/mol. The van der Waals surface area contributed by atoms with Gasteiger partial charge in [0.15, 0.2) is 11.1 Å². The van der Waals surface area contributed by atoms with Crippen LogP contribution in [0.4, 0.5) is 5.13 Å². The molecule has 0 atom stereocenters. The zero-order valence-electron chi connectivity index (χ0n) is 11.3. The molecule has 0 aliphatic rings. The summed E-state index contributed by atoms with van der Waals surface area (Å²) in [6.07, 6.45) is 1.86. The van der Waals surface area contributed by atoms with Crippen LogP contribution in [-0.4, -0.2) is 15.9 Å². The number of guanidine groups is 1. The number of hydrogen-bond donors (Lipinski definition) is 3. The molecule has 0 bridgehead atoms. The zero-order valence-corrected chi connectivity index (χ0v) is 12.1. The summed E-state index contributed by atoms with van der Waals surface area (Å²) in [6.45, 7) is 0.536. The molecule has 106 valence electrons. The summed E-state index contributed by atoms with van der Waals surface area (Å²) < 4.78 is 0. The lowest BCUT2D eigenvalue weighted by molar-refractivity contribution is 0.975. The molecule has 0 fully saturated rings. The van der Waals surface area contributed by atoms with Crippen molar-refractivity contribution >= 4 is 22.4 Å². The van der Waals surface area contributed by atoms with Gasteiger partial charge in [-0.15, -0.1) is 11.3 Å². The predicted octanol–water partition coefficient (Wildman–Crippen LogP) is 3.04. The first-order chi connectivity index (χ1) is 10.2. The number of thiazole rings is 1. The normalized spacial score (nSPS) is 10.5. The highest BCUT2D eigenvalue weighted by Gasteiger charge is 2.15. The zero-order chi connectivity index (χ0) is 14.7. The van der Waals surface area contributed by atoms with E-state index in [1.54, 1.807) is 4.90 Å². The Morgan fingerprint density at radius 3 is 2.71 bits per heavy atom. The van der Waals surface area contributed by atoms with Crippen LogP contribution in [0.1, 0.15) is 5.56 Å². The molecule has 4 N–H and O–H groups in total. The van der Waals surface area contributed by atoms with Gasteiger partial charge in [-0.05, 0) is 17.7 Å². The molecule has 0 aliphatic heterocycles. The van der Waals surface area contributed by atoms with Crippen molar-refractivity contribution in [2.24, 2.45) is 5.73 Å². The van der Waals surface area contributed by atoms with Crippen molar-refractivity contribution < 1.29 is 0 Å². The van der Waals surface area contributed by atoms with Gasteiger partial charge in [0.1, 0.15) is 0 Å². The van der Waals surface area contributed by atoms with Crippen LogP contribution in [-0.2, 0) is 6.54 Å². The Labute approximate surface area is 126 Å². The molecular formula is C15H15N5S. The van der Waals surface area contributed by atoms with Crippen LogP contribution < -0.4 is 10.6 Å². The van der Waals surface area contributed by atoms with E-state index >= 15 is 0 Å². The van der Waals surface area contributed by atoms with E-state index in [0.717, 1.165) is 22.1 Å². The fourth-order valence-corrected chi connectivity index (χ4v) is 2.86. The van der Waals surface area contributed by atoms with E-state index in [9.17, 15) is 0 Å². The third kappa shape index (κ3) is 2.95. The highest BCUT2D eigenvalue weighted by atomic mass is 32.1. The molecule has 6 heteroatoms. The number of anilines is 1. The maximum Gasteiger partial charge on any atom is 0.195 e. The van der Waals surface area contributed by atoms with Crippen molar-refractivity contribution in [1.29, 1.82) is 5.41 Å². The molecule has 2 heterocycles. The van der Waals surface area contributed by atoms with E-state index in [1.165, 1.54) is 11.3 Å². The first kappa shape index (κ1) is 13.4. The average molecular weight is 297 g/mol. The molecule has 0 aliphatic carbocycles. The van der Waals surface area contributed by atoms with Gasteiger partial charge in [-0.1, -0.05) is 30.3 Å². The lowest BCUT2D eigenvalue weighted by Gasteiger charge is -2.19. The number of aromatic amines is 1. The molecule has 0 amide bonds. The Bertz CT molecular complexity index is 718. The molecule has 0 saturated carbocycles. The second-order valence-corrected chi connectivity index (χ2v) is 5.39. The summed E-state index contributed by atoms with van der Waals surface area (Å²) in [7, 11) is 0. The minimum atomic E-state index is -0.00811. The van der Waals surface area contributed by atoms with E-state index in [0.29, 0.717) is 6.54 Å². The fourth-order valence-electron chi connectivity index (χ4n) is 2.02. The first-order valence-corrected chi connectivity index (χ1v) is 7.37. The van der Waals surface area contributed by atoms with Gasteiger partial charge in [0.05, 0.1) is 17.9 Å². The van der Waals surface area contributed by atoms with Crippen molar-refractivity contribution in [1.82, 2.24) is 9.97 Å². The molecule has 5 nitrogen and oxygen atoms in total. The van der Waals surface area contributed by atoms with Gasteiger partial charge in [0, 0.05) is 11.6 Å². The molecule has 21 heavy (non-hydrogen) atoms. The summed E-state index contributed by atoms with van der Waals surface area (Å²) >= 11 is 1.48. The van der Waals surface area contributed by atoms with Gasteiger partial charge in [-0.3, -0.25) is 10.3 Å². The quantitative estimate of drug-likeness (QED) is 0.511. The maximum absolute atomic E-state index is 7.78. The van der Waals surface area contributed by atoms with Crippen LogP contribution in [0.3, 0.4) is 0 Å². The van der Waals surface area contributed by atoms with Crippen molar-refractivity contribution in [3.63, 3.8) is 0 Å². The summed E-state index contributed by atoms with van der Waals surface area (Å²) in [4.78, 5) is 9.39. The van der Waals surface area contributed by atoms with Gasteiger partial charge in [0.25, 0.3) is 0 Å². The number of benzene rings is 1. The van der Waals surface area contributed by atoms with Gasteiger partial charge >= 0.3 is 0 Å². The lowest BCUT2D eigenvalue weighted by atomic mass is 10.2. The number of rotatable bonds is 4. The summed E-state index contributed by atoms with van der Waals surface area (Å²) in [5, 5.41) is 10.5. The standard InChI is InChI=1S/C15H15N5S/c16-14(17)20(9-11-5-2-1-3-6-11)15-19-13(10-21-15)12-7-4-8-18-12/h1-8,10,18H,9H2,(H3,16,17). The summed E-state index contributed by atoms with van der Waals surface area (Å²) in [6, 6.07) is 13.8. The van der Waals surface area contributed by atoms with Crippen LogP contribution in [0.2, 0.25) is 0 Å². The average Bonchev–Trinajstić information content (AvgIpc) is 3.16. The molecule has 3 rings (SSSR count). The van der Waals surface area contributed by atoms with Gasteiger partial charge < -0.3 is 10.7 Å². The second-order valence-electron chi connectivity index (χ2n) is 4.56.